The van der Waals surface area contributed by atoms with Crippen LogP contribution in [0, 0.1) is 5.82 Å². The first-order valence-electron chi connectivity index (χ1n) is 12.8. The largest absolute Gasteiger partial charge is 0.444 e. The van der Waals surface area contributed by atoms with Crippen LogP contribution in [0.1, 0.15) is 62.6 Å². The zero-order chi connectivity index (χ0) is 25.7. The summed E-state index contributed by atoms with van der Waals surface area (Å²) in [5, 5.41) is 6.21. The van der Waals surface area contributed by atoms with Crippen LogP contribution in [0.3, 0.4) is 0 Å². The van der Waals surface area contributed by atoms with Gasteiger partial charge >= 0.3 is 6.09 Å². The molecule has 1 aromatic carbocycles. The van der Waals surface area contributed by atoms with Gasteiger partial charge in [0.05, 0.1) is 6.54 Å². The SMILES string of the molecule is CC(C)(C)OC(=O)NC1CCN(CC(=O)N[C@@H]2CCc3cc(F)ccc3[C@@H]2Cc2cccnc2)CC1. The van der Waals surface area contributed by atoms with Crippen molar-refractivity contribution in [1.82, 2.24) is 20.5 Å². The number of carbonyl (C=O) groups excluding carboxylic acids is 2. The van der Waals surface area contributed by atoms with E-state index in [-0.39, 0.29) is 29.7 Å². The number of benzene rings is 1. The first-order valence-corrected chi connectivity index (χ1v) is 12.8. The number of nitrogens with one attached hydrogen (secondary N) is 2. The highest BCUT2D eigenvalue weighted by atomic mass is 19.1. The van der Waals surface area contributed by atoms with Crippen LogP contribution in [0.15, 0.2) is 42.7 Å². The van der Waals surface area contributed by atoms with E-state index in [9.17, 15) is 14.0 Å². The third-order valence-corrected chi connectivity index (χ3v) is 6.92. The molecule has 4 rings (SSSR count). The maximum Gasteiger partial charge on any atom is 0.407 e. The van der Waals surface area contributed by atoms with Crippen LogP contribution >= 0.6 is 0 Å². The topological polar surface area (TPSA) is 83.6 Å². The molecule has 0 spiro atoms. The average Bonchev–Trinajstić information content (AvgIpc) is 2.81. The molecule has 1 saturated heterocycles. The third kappa shape index (κ3) is 7.26. The number of aryl methyl sites for hydroxylation is 1. The van der Waals surface area contributed by atoms with Gasteiger partial charge in [0.25, 0.3) is 0 Å². The van der Waals surface area contributed by atoms with Crippen LogP contribution in [0.5, 0.6) is 0 Å². The number of halogens is 1. The van der Waals surface area contributed by atoms with Crippen LogP contribution in [-0.4, -0.2) is 59.2 Å². The predicted molar refractivity (Wildman–Crippen MR) is 136 cm³/mol. The summed E-state index contributed by atoms with van der Waals surface area (Å²) >= 11 is 0. The molecule has 2 aliphatic rings. The number of amides is 2. The lowest BCUT2D eigenvalue weighted by Crippen LogP contribution is -2.50. The Morgan fingerprint density at radius 1 is 1.14 bits per heavy atom. The number of likely N-dealkylation sites (tertiary alicyclic amines) is 1. The Bertz CT molecular complexity index is 1050. The summed E-state index contributed by atoms with van der Waals surface area (Å²) in [6.07, 6.45) is 7.01. The minimum absolute atomic E-state index is 0.000278. The number of alkyl carbamates (subject to hydrolysis) is 1. The third-order valence-electron chi connectivity index (χ3n) is 6.92. The summed E-state index contributed by atoms with van der Waals surface area (Å²) in [6, 6.07) is 8.98. The first-order chi connectivity index (χ1) is 17.2. The Morgan fingerprint density at radius 2 is 1.92 bits per heavy atom. The normalized spacial score (nSPS) is 20.9. The van der Waals surface area contributed by atoms with Crippen LogP contribution in [0.4, 0.5) is 9.18 Å². The van der Waals surface area contributed by atoms with E-state index in [1.54, 1.807) is 12.3 Å². The summed E-state index contributed by atoms with van der Waals surface area (Å²) in [5.41, 5.74) is 2.70. The number of ether oxygens (including phenoxy) is 1. The lowest BCUT2D eigenvalue weighted by atomic mass is 9.76. The summed E-state index contributed by atoms with van der Waals surface area (Å²) in [6.45, 7) is 7.33. The summed E-state index contributed by atoms with van der Waals surface area (Å²) in [4.78, 5) is 31.5. The lowest BCUT2D eigenvalue weighted by Gasteiger charge is -2.36. The van der Waals surface area contributed by atoms with Crippen molar-refractivity contribution < 1.29 is 18.7 Å². The van der Waals surface area contributed by atoms with E-state index in [0.29, 0.717) is 6.54 Å². The van der Waals surface area contributed by atoms with Gasteiger partial charge in [0.2, 0.25) is 5.91 Å². The minimum Gasteiger partial charge on any atom is -0.444 e. The van der Waals surface area contributed by atoms with Crippen LogP contribution < -0.4 is 10.6 Å². The Morgan fingerprint density at radius 3 is 2.61 bits per heavy atom. The maximum absolute atomic E-state index is 13.9. The molecule has 1 aromatic heterocycles. The molecule has 2 aromatic rings. The second kappa shape index (κ2) is 11.4. The molecule has 7 nitrogen and oxygen atoms in total. The molecule has 1 fully saturated rings. The number of hydrogen-bond donors (Lipinski definition) is 2. The van der Waals surface area contributed by atoms with Crippen molar-refractivity contribution in [2.45, 2.75) is 76.5 Å². The number of nitrogens with zero attached hydrogens (tertiary/aromatic N) is 2. The van der Waals surface area contributed by atoms with E-state index in [4.69, 9.17) is 4.74 Å². The van der Waals surface area contributed by atoms with Gasteiger partial charge in [-0.3, -0.25) is 14.7 Å². The van der Waals surface area contributed by atoms with Crippen molar-refractivity contribution in [3.8, 4) is 0 Å². The molecule has 1 aliphatic carbocycles. The number of piperidine rings is 1. The number of pyridine rings is 1. The molecule has 2 amide bonds. The van der Waals surface area contributed by atoms with E-state index >= 15 is 0 Å². The Hall–Kier alpha value is -3.00. The predicted octanol–water partition coefficient (Wildman–Crippen LogP) is 3.97. The van der Waals surface area contributed by atoms with Crippen molar-refractivity contribution in [2.75, 3.05) is 19.6 Å². The van der Waals surface area contributed by atoms with Gasteiger partial charge in [-0.1, -0.05) is 12.1 Å². The second-order valence-corrected chi connectivity index (χ2v) is 10.9. The molecule has 0 bridgehead atoms. The van der Waals surface area contributed by atoms with Crippen molar-refractivity contribution in [2.24, 2.45) is 0 Å². The highest BCUT2D eigenvalue weighted by Crippen LogP contribution is 2.35. The van der Waals surface area contributed by atoms with Gasteiger partial charge in [-0.05, 0) is 87.8 Å². The summed E-state index contributed by atoms with van der Waals surface area (Å²) < 4.78 is 19.2. The van der Waals surface area contributed by atoms with E-state index < -0.39 is 11.7 Å². The molecule has 2 N–H and O–H groups in total. The van der Waals surface area contributed by atoms with Gasteiger partial charge in [0, 0.05) is 43.5 Å². The van der Waals surface area contributed by atoms with Gasteiger partial charge in [-0.15, -0.1) is 0 Å². The highest BCUT2D eigenvalue weighted by molar-refractivity contribution is 5.78. The summed E-state index contributed by atoms with van der Waals surface area (Å²) in [7, 11) is 0. The van der Waals surface area contributed by atoms with Crippen LogP contribution in [-0.2, 0) is 22.4 Å². The minimum atomic E-state index is -0.522. The molecular formula is C28H37FN4O3. The monoisotopic (exact) mass is 496 g/mol. The number of aromatic nitrogens is 1. The van der Waals surface area contributed by atoms with Gasteiger partial charge in [0.1, 0.15) is 11.4 Å². The number of hydrogen-bond acceptors (Lipinski definition) is 5. The molecule has 0 saturated carbocycles. The zero-order valence-electron chi connectivity index (χ0n) is 21.4. The molecule has 2 heterocycles. The molecule has 8 heteroatoms. The fourth-order valence-corrected chi connectivity index (χ4v) is 5.24. The van der Waals surface area contributed by atoms with Crippen molar-refractivity contribution in [3.63, 3.8) is 0 Å². The van der Waals surface area contributed by atoms with Crippen molar-refractivity contribution in [3.05, 3.63) is 65.2 Å². The average molecular weight is 497 g/mol. The molecule has 36 heavy (non-hydrogen) atoms. The molecule has 1 aliphatic heterocycles. The fourth-order valence-electron chi connectivity index (χ4n) is 5.24. The van der Waals surface area contributed by atoms with Gasteiger partial charge in [-0.25, -0.2) is 9.18 Å². The maximum atomic E-state index is 13.9. The molecule has 2 atom stereocenters. The van der Waals surface area contributed by atoms with Crippen LogP contribution in [0.2, 0.25) is 0 Å². The highest BCUT2D eigenvalue weighted by Gasteiger charge is 2.32. The number of rotatable bonds is 6. The molecule has 194 valence electrons. The quantitative estimate of drug-likeness (QED) is 0.632. The fraction of sp³-hybridized carbons (Fsp3) is 0.536. The van der Waals surface area contributed by atoms with E-state index in [1.807, 2.05) is 45.2 Å². The molecule has 0 unspecified atom stereocenters. The summed E-state index contributed by atoms with van der Waals surface area (Å²) in [5.74, 6) is -0.160. The van der Waals surface area contributed by atoms with E-state index in [2.05, 4.69) is 20.5 Å². The standard InChI is InChI=1S/C28H37FN4O3/c1-28(2,3)36-27(35)31-22-10-13-33(14-11-22)18-26(34)32-25-9-6-20-16-21(29)7-8-23(20)24(25)15-19-5-4-12-30-17-19/h4-5,7-8,12,16-17,22,24-25H,6,9-11,13-15,18H2,1-3H3,(H,31,35)(H,32,34)/t24-,25+/m0/s1. The second-order valence-electron chi connectivity index (χ2n) is 10.9. The Kier molecular flexibility index (Phi) is 8.24. The van der Waals surface area contributed by atoms with Crippen molar-refractivity contribution in [1.29, 1.82) is 0 Å². The van der Waals surface area contributed by atoms with Gasteiger partial charge in [0.15, 0.2) is 0 Å². The van der Waals surface area contributed by atoms with E-state index in [1.165, 1.54) is 6.07 Å². The zero-order valence-corrected chi connectivity index (χ0v) is 21.4. The Balaban J connectivity index is 1.32. The molecular weight excluding hydrogens is 459 g/mol. The van der Waals surface area contributed by atoms with Gasteiger partial charge in [-0.2, -0.15) is 0 Å². The number of fused-ring (bicyclic) bond motifs is 1. The van der Waals surface area contributed by atoms with Crippen LogP contribution in [0.25, 0.3) is 0 Å². The van der Waals surface area contributed by atoms with Gasteiger partial charge < -0.3 is 15.4 Å². The lowest BCUT2D eigenvalue weighted by molar-refractivity contribution is -0.123. The van der Waals surface area contributed by atoms with Crippen molar-refractivity contribution >= 4 is 12.0 Å². The Labute approximate surface area is 212 Å². The van der Waals surface area contributed by atoms with E-state index in [0.717, 1.165) is 61.9 Å². The molecule has 0 radical (unpaired) electrons. The smallest absolute Gasteiger partial charge is 0.407 e. The number of carbonyl (C=O) groups is 2. The first kappa shape index (κ1) is 26.1.